The largest absolute Gasteiger partial charge is 0.478 e. The smallest absolute Gasteiger partial charge is 0.407 e. The molecular weight excluding hydrogens is 436 g/mol. The number of carboxylic acids is 1. The second kappa shape index (κ2) is 10.2. The summed E-state index contributed by atoms with van der Waals surface area (Å²) in [5, 5.41) is 14.4. The number of carboxylic acid groups (broad SMARTS) is 1. The van der Waals surface area contributed by atoms with Gasteiger partial charge in [-0.3, -0.25) is 4.79 Å². The van der Waals surface area contributed by atoms with E-state index in [0.717, 1.165) is 22.3 Å². The van der Waals surface area contributed by atoms with Crippen LogP contribution < -0.4 is 10.6 Å². The molecule has 2 amide bonds. The van der Waals surface area contributed by atoms with Crippen molar-refractivity contribution in [2.75, 3.05) is 25.6 Å². The molecule has 3 N–H and O–H groups in total. The van der Waals surface area contributed by atoms with E-state index in [-0.39, 0.29) is 30.4 Å². The number of aromatic carboxylic acids is 1. The van der Waals surface area contributed by atoms with Gasteiger partial charge in [-0.1, -0.05) is 60.7 Å². The van der Waals surface area contributed by atoms with Crippen LogP contribution in [0.15, 0.2) is 72.8 Å². The van der Waals surface area contributed by atoms with Crippen LogP contribution in [0.4, 0.5) is 10.5 Å². The van der Waals surface area contributed by atoms with Crippen molar-refractivity contribution < 1.29 is 29.0 Å². The minimum absolute atomic E-state index is 0.0619. The summed E-state index contributed by atoms with van der Waals surface area (Å²) in [5.41, 5.74) is 4.44. The van der Waals surface area contributed by atoms with Crippen LogP contribution in [-0.4, -0.2) is 49.4 Å². The van der Waals surface area contributed by atoms with Gasteiger partial charge in [0.2, 0.25) is 5.91 Å². The lowest BCUT2D eigenvalue weighted by atomic mass is 9.98. The third kappa shape index (κ3) is 4.77. The first-order valence-electron chi connectivity index (χ1n) is 10.7. The highest BCUT2D eigenvalue weighted by atomic mass is 16.5. The van der Waals surface area contributed by atoms with Crippen LogP contribution in [0.1, 0.15) is 27.4 Å². The van der Waals surface area contributed by atoms with Crippen LogP contribution >= 0.6 is 0 Å². The molecule has 0 heterocycles. The molecule has 8 nitrogen and oxygen atoms in total. The molecule has 1 aliphatic rings. The van der Waals surface area contributed by atoms with Crippen molar-refractivity contribution in [3.63, 3.8) is 0 Å². The number of alkyl carbamates (subject to hydrolysis) is 1. The first kappa shape index (κ1) is 23.0. The first-order chi connectivity index (χ1) is 16.5. The van der Waals surface area contributed by atoms with E-state index in [9.17, 15) is 19.5 Å². The summed E-state index contributed by atoms with van der Waals surface area (Å²) in [5.74, 6) is -1.91. The Balaban J connectivity index is 1.42. The molecule has 0 unspecified atom stereocenters. The molecule has 0 radical (unpaired) electrons. The zero-order chi connectivity index (χ0) is 24.1. The van der Waals surface area contributed by atoms with Gasteiger partial charge in [0.15, 0.2) is 0 Å². The molecule has 1 aliphatic carbocycles. The van der Waals surface area contributed by atoms with Gasteiger partial charge in [0.25, 0.3) is 0 Å². The molecule has 8 heteroatoms. The molecule has 0 aromatic heterocycles. The molecule has 4 rings (SSSR count). The molecule has 34 heavy (non-hydrogen) atoms. The van der Waals surface area contributed by atoms with Crippen LogP contribution in [0, 0.1) is 0 Å². The van der Waals surface area contributed by atoms with E-state index in [4.69, 9.17) is 9.47 Å². The van der Waals surface area contributed by atoms with Gasteiger partial charge in [-0.15, -0.1) is 0 Å². The minimum atomic E-state index is -1.18. The Labute approximate surface area is 196 Å². The minimum Gasteiger partial charge on any atom is -0.478 e. The van der Waals surface area contributed by atoms with Gasteiger partial charge in [-0.25, -0.2) is 9.59 Å². The Kier molecular flexibility index (Phi) is 6.89. The van der Waals surface area contributed by atoms with Gasteiger partial charge in [0.1, 0.15) is 12.6 Å². The Morgan fingerprint density at radius 2 is 1.50 bits per heavy atom. The summed E-state index contributed by atoms with van der Waals surface area (Å²) < 4.78 is 10.6. The lowest BCUT2D eigenvalue weighted by Crippen LogP contribution is -2.47. The van der Waals surface area contributed by atoms with Crippen LogP contribution in [0.3, 0.4) is 0 Å². The Hall–Kier alpha value is -4.17. The third-order valence-corrected chi connectivity index (χ3v) is 5.70. The summed E-state index contributed by atoms with van der Waals surface area (Å²) in [6.45, 7) is -0.0195. The molecule has 174 valence electrons. The number of ether oxygens (including phenoxy) is 2. The summed E-state index contributed by atoms with van der Waals surface area (Å²) in [6, 6.07) is 20.9. The molecule has 0 spiro atoms. The van der Waals surface area contributed by atoms with Crippen molar-refractivity contribution in [3.05, 3.63) is 89.5 Å². The molecule has 0 fully saturated rings. The highest BCUT2D eigenvalue weighted by molar-refractivity contribution is 6.02. The highest BCUT2D eigenvalue weighted by Gasteiger charge is 2.30. The van der Waals surface area contributed by atoms with Gasteiger partial charge in [0.05, 0.1) is 17.9 Å². The maximum Gasteiger partial charge on any atom is 0.407 e. The monoisotopic (exact) mass is 460 g/mol. The fourth-order valence-electron chi connectivity index (χ4n) is 4.13. The van der Waals surface area contributed by atoms with Gasteiger partial charge in [0, 0.05) is 13.0 Å². The van der Waals surface area contributed by atoms with E-state index in [2.05, 4.69) is 10.6 Å². The van der Waals surface area contributed by atoms with E-state index in [1.807, 2.05) is 48.5 Å². The zero-order valence-electron chi connectivity index (χ0n) is 18.5. The number of nitrogens with one attached hydrogen (secondary N) is 2. The zero-order valence-corrected chi connectivity index (χ0v) is 18.5. The maximum atomic E-state index is 12.7. The number of hydrogen-bond donors (Lipinski definition) is 3. The van der Waals surface area contributed by atoms with Crippen molar-refractivity contribution in [1.82, 2.24) is 5.32 Å². The van der Waals surface area contributed by atoms with Crippen molar-refractivity contribution in [3.8, 4) is 11.1 Å². The second-order valence-electron chi connectivity index (χ2n) is 7.82. The number of rotatable bonds is 8. The fraction of sp³-hybridized carbons (Fsp3) is 0.192. The Morgan fingerprint density at radius 1 is 0.912 bits per heavy atom. The topological polar surface area (TPSA) is 114 Å². The van der Waals surface area contributed by atoms with E-state index >= 15 is 0 Å². The molecule has 1 atom stereocenters. The standard InChI is InChI=1S/C26H24N2O6/c1-33-15-23(24(29)27-22-13-7-6-12-20(22)25(30)31)28-26(32)34-14-21-18-10-4-2-8-16(18)17-9-3-5-11-19(17)21/h2-13,21,23H,14-15H2,1H3,(H,27,29)(H,28,32)(H,30,31)/t23-/m0/s1. The average Bonchev–Trinajstić information content (AvgIpc) is 3.16. The number of fused-ring (bicyclic) bond motifs is 3. The van der Waals surface area contributed by atoms with Crippen LogP contribution in [0.2, 0.25) is 0 Å². The molecule has 0 bridgehead atoms. The van der Waals surface area contributed by atoms with Crippen LogP contribution in [0.25, 0.3) is 11.1 Å². The molecule has 3 aromatic rings. The van der Waals surface area contributed by atoms with Crippen LogP contribution in [0.5, 0.6) is 0 Å². The third-order valence-electron chi connectivity index (χ3n) is 5.70. The predicted molar refractivity (Wildman–Crippen MR) is 126 cm³/mol. The van der Waals surface area contributed by atoms with Crippen molar-refractivity contribution in [1.29, 1.82) is 0 Å². The molecule has 0 saturated carbocycles. The summed E-state index contributed by atoms with van der Waals surface area (Å²) in [4.78, 5) is 36.7. The number of benzene rings is 3. The normalized spacial score (nSPS) is 12.9. The van der Waals surface area contributed by atoms with Gasteiger partial charge >= 0.3 is 12.1 Å². The maximum absolute atomic E-state index is 12.7. The van der Waals surface area contributed by atoms with Crippen molar-refractivity contribution >= 4 is 23.7 Å². The van der Waals surface area contributed by atoms with Gasteiger partial charge < -0.3 is 25.2 Å². The number of carbonyl (C=O) groups excluding carboxylic acids is 2. The number of anilines is 1. The van der Waals surface area contributed by atoms with Gasteiger partial charge in [-0.05, 0) is 34.4 Å². The molecule has 3 aromatic carbocycles. The predicted octanol–water partition coefficient (Wildman–Crippen LogP) is 3.88. The summed E-state index contributed by atoms with van der Waals surface area (Å²) in [6.07, 6.45) is -0.773. The van der Waals surface area contributed by atoms with Crippen molar-refractivity contribution in [2.45, 2.75) is 12.0 Å². The van der Waals surface area contributed by atoms with E-state index < -0.39 is 24.0 Å². The summed E-state index contributed by atoms with van der Waals surface area (Å²) in [7, 11) is 1.39. The number of para-hydroxylation sites is 1. The van der Waals surface area contributed by atoms with Crippen LogP contribution in [-0.2, 0) is 14.3 Å². The fourth-order valence-corrected chi connectivity index (χ4v) is 4.13. The van der Waals surface area contributed by atoms with E-state index in [1.54, 1.807) is 12.1 Å². The van der Waals surface area contributed by atoms with Crippen molar-refractivity contribution in [2.24, 2.45) is 0 Å². The second-order valence-corrected chi connectivity index (χ2v) is 7.82. The van der Waals surface area contributed by atoms with Gasteiger partial charge in [-0.2, -0.15) is 0 Å². The lowest BCUT2D eigenvalue weighted by Gasteiger charge is -2.19. The number of amides is 2. The number of hydrogen-bond acceptors (Lipinski definition) is 5. The number of carbonyl (C=O) groups is 3. The first-order valence-corrected chi connectivity index (χ1v) is 10.7. The average molecular weight is 460 g/mol. The highest BCUT2D eigenvalue weighted by Crippen LogP contribution is 2.44. The molecular formula is C26H24N2O6. The SMILES string of the molecule is COC[C@H](NC(=O)OCC1c2ccccc2-c2ccccc21)C(=O)Nc1ccccc1C(=O)O. The Bertz CT molecular complexity index is 1180. The molecule has 0 saturated heterocycles. The quantitative estimate of drug-likeness (QED) is 0.470. The number of methoxy groups -OCH3 is 1. The van der Waals surface area contributed by atoms with E-state index in [0.29, 0.717) is 0 Å². The summed E-state index contributed by atoms with van der Waals surface area (Å²) >= 11 is 0. The molecule has 0 aliphatic heterocycles. The van der Waals surface area contributed by atoms with E-state index in [1.165, 1.54) is 19.2 Å². The Morgan fingerprint density at radius 3 is 2.12 bits per heavy atom. The lowest BCUT2D eigenvalue weighted by molar-refractivity contribution is -0.119.